The van der Waals surface area contributed by atoms with Gasteiger partial charge in [0.1, 0.15) is 5.60 Å². The van der Waals surface area contributed by atoms with Gasteiger partial charge in [-0.15, -0.1) is 0 Å². The van der Waals surface area contributed by atoms with Crippen molar-refractivity contribution in [1.29, 1.82) is 0 Å². The fraction of sp³-hybridized carbons (Fsp3) is 0.722. The van der Waals surface area contributed by atoms with Crippen molar-refractivity contribution in [2.24, 2.45) is 13.0 Å². The highest BCUT2D eigenvalue weighted by atomic mass is 16.6. The molecule has 0 bridgehead atoms. The number of hydrogen-bond acceptors (Lipinski definition) is 3. The van der Waals surface area contributed by atoms with Crippen LogP contribution < -0.4 is 10.6 Å². The van der Waals surface area contributed by atoms with Gasteiger partial charge in [0.2, 0.25) is 0 Å². The van der Waals surface area contributed by atoms with Crippen LogP contribution in [0.2, 0.25) is 0 Å². The zero-order valence-electron chi connectivity index (χ0n) is 15.3. The maximum absolute atomic E-state index is 12.0. The number of aryl methyl sites for hydroxylation is 1. The molecule has 1 aromatic heterocycles. The fourth-order valence-corrected chi connectivity index (χ4v) is 2.77. The number of nitrogens with one attached hydrogen (secondary N) is 2. The molecule has 23 heavy (non-hydrogen) atoms. The van der Waals surface area contributed by atoms with Gasteiger partial charge in [-0.05, 0) is 65.0 Å². The molecule has 1 aromatic rings. The Kier molecular flexibility index (Phi) is 5.40. The average Bonchev–Trinajstić information content (AvgIpc) is 3.22. The Bertz CT molecular complexity index is 553. The molecule has 5 heteroatoms. The van der Waals surface area contributed by atoms with Gasteiger partial charge < -0.3 is 19.9 Å². The molecule has 1 amide bonds. The standard InChI is InChI=1S/C18H31N3O2/c1-12-9-15(13(2)21(12)6)10-19-11-16(14-7-8-14)20-17(22)23-18(3,4)5/h9,14,16,19H,7-8,10-11H2,1-6H3,(H,20,22). The first-order valence-electron chi connectivity index (χ1n) is 8.49. The third-order valence-electron chi connectivity index (χ3n) is 4.45. The minimum Gasteiger partial charge on any atom is -0.444 e. The molecule has 1 aliphatic rings. The molecule has 1 aliphatic carbocycles. The smallest absolute Gasteiger partial charge is 0.407 e. The van der Waals surface area contributed by atoms with E-state index in [9.17, 15) is 4.79 Å². The fourth-order valence-electron chi connectivity index (χ4n) is 2.77. The molecule has 0 saturated heterocycles. The Hall–Kier alpha value is -1.49. The Morgan fingerprint density at radius 3 is 2.52 bits per heavy atom. The molecule has 1 saturated carbocycles. The Morgan fingerprint density at radius 1 is 1.39 bits per heavy atom. The van der Waals surface area contributed by atoms with Crippen molar-refractivity contribution >= 4 is 6.09 Å². The van der Waals surface area contributed by atoms with Crippen LogP contribution in [0.1, 0.15) is 50.6 Å². The maximum atomic E-state index is 12.0. The lowest BCUT2D eigenvalue weighted by molar-refractivity contribution is 0.0497. The molecule has 1 fully saturated rings. The van der Waals surface area contributed by atoms with Crippen molar-refractivity contribution in [3.05, 3.63) is 23.0 Å². The summed E-state index contributed by atoms with van der Waals surface area (Å²) >= 11 is 0. The van der Waals surface area contributed by atoms with Crippen LogP contribution in [0.4, 0.5) is 4.79 Å². The largest absolute Gasteiger partial charge is 0.444 e. The summed E-state index contributed by atoms with van der Waals surface area (Å²) < 4.78 is 7.57. The van der Waals surface area contributed by atoms with E-state index in [2.05, 4.69) is 42.2 Å². The molecule has 0 radical (unpaired) electrons. The molecule has 0 aromatic carbocycles. The second kappa shape index (κ2) is 6.95. The summed E-state index contributed by atoms with van der Waals surface area (Å²) in [7, 11) is 2.09. The van der Waals surface area contributed by atoms with Crippen LogP contribution in [0, 0.1) is 19.8 Å². The van der Waals surface area contributed by atoms with Crippen LogP contribution in [0.15, 0.2) is 6.07 Å². The van der Waals surface area contributed by atoms with Crippen LogP contribution in [-0.2, 0) is 18.3 Å². The van der Waals surface area contributed by atoms with Gasteiger partial charge in [0.25, 0.3) is 0 Å². The molecule has 1 heterocycles. The molecule has 2 rings (SSSR count). The summed E-state index contributed by atoms with van der Waals surface area (Å²) in [4.78, 5) is 12.0. The molecule has 5 nitrogen and oxygen atoms in total. The normalized spacial score (nSPS) is 16.3. The molecular weight excluding hydrogens is 290 g/mol. The number of hydrogen-bond donors (Lipinski definition) is 2. The predicted molar refractivity (Wildman–Crippen MR) is 92.5 cm³/mol. The van der Waals surface area contributed by atoms with Gasteiger partial charge in [-0.1, -0.05) is 0 Å². The number of ether oxygens (including phenoxy) is 1. The van der Waals surface area contributed by atoms with E-state index >= 15 is 0 Å². The number of amides is 1. The van der Waals surface area contributed by atoms with Crippen molar-refractivity contribution in [1.82, 2.24) is 15.2 Å². The Labute approximate surface area is 139 Å². The van der Waals surface area contributed by atoms with Gasteiger partial charge in [-0.25, -0.2) is 4.79 Å². The van der Waals surface area contributed by atoms with Crippen LogP contribution in [0.5, 0.6) is 0 Å². The van der Waals surface area contributed by atoms with Gasteiger partial charge in [0.05, 0.1) is 0 Å². The van der Waals surface area contributed by atoms with E-state index in [0.717, 1.165) is 13.1 Å². The average molecular weight is 321 g/mol. The molecule has 0 spiro atoms. The summed E-state index contributed by atoms with van der Waals surface area (Å²) in [6.45, 7) is 11.5. The zero-order valence-corrected chi connectivity index (χ0v) is 15.3. The Morgan fingerprint density at radius 2 is 2.04 bits per heavy atom. The van der Waals surface area contributed by atoms with Gasteiger partial charge in [-0.3, -0.25) is 0 Å². The molecule has 130 valence electrons. The number of aromatic nitrogens is 1. The lowest BCUT2D eigenvalue weighted by Crippen LogP contribution is -2.45. The third kappa shape index (κ3) is 5.27. The minimum atomic E-state index is -0.454. The van der Waals surface area contributed by atoms with Crippen molar-refractivity contribution in [3.63, 3.8) is 0 Å². The van der Waals surface area contributed by atoms with E-state index in [1.54, 1.807) is 0 Å². The summed E-state index contributed by atoms with van der Waals surface area (Å²) in [6.07, 6.45) is 2.06. The summed E-state index contributed by atoms with van der Waals surface area (Å²) in [5, 5.41) is 6.51. The van der Waals surface area contributed by atoms with E-state index in [4.69, 9.17) is 4.74 Å². The van der Waals surface area contributed by atoms with Gasteiger partial charge in [0, 0.05) is 37.6 Å². The number of carbonyl (C=O) groups excluding carboxylic acids is 1. The summed E-state index contributed by atoms with van der Waals surface area (Å²) in [6, 6.07) is 2.37. The first-order chi connectivity index (χ1) is 10.7. The van der Waals surface area contributed by atoms with Crippen molar-refractivity contribution < 1.29 is 9.53 Å². The first-order valence-corrected chi connectivity index (χ1v) is 8.49. The van der Waals surface area contributed by atoms with Crippen LogP contribution in [0.25, 0.3) is 0 Å². The van der Waals surface area contributed by atoms with Crippen molar-refractivity contribution in [2.45, 2.75) is 65.6 Å². The summed E-state index contributed by atoms with van der Waals surface area (Å²) in [5.41, 5.74) is 3.42. The lowest BCUT2D eigenvalue weighted by atomic mass is 10.1. The molecule has 1 unspecified atom stereocenters. The number of carbonyl (C=O) groups is 1. The highest BCUT2D eigenvalue weighted by molar-refractivity contribution is 5.68. The van der Waals surface area contributed by atoms with Crippen molar-refractivity contribution in [3.8, 4) is 0 Å². The highest BCUT2D eigenvalue weighted by Crippen LogP contribution is 2.32. The zero-order chi connectivity index (χ0) is 17.2. The van der Waals surface area contributed by atoms with E-state index in [0.29, 0.717) is 5.92 Å². The number of nitrogens with zero attached hydrogens (tertiary/aromatic N) is 1. The highest BCUT2D eigenvalue weighted by Gasteiger charge is 2.33. The van der Waals surface area contributed by atoms with Gasteiger partial charge in [0.15, 0.2) is 0 Å². The monoisotopic (exact) mass is 321 g/mol. The van der Waals surface area contributed by atoms with E-state index < -0.39 is 5.60 Å². The van der Waals surface area contributed by atoms with Crippen LogP contribution in [0.3, 0.4) is 0 Å². The van der Waals surface area contributed by atoms with E-state index in [-0.39, 0.29) is 12.1 Å². The Balaban J connectivity index is 1.83. The number of alkyl carbamates (subject to hydrolysis) is 1. The second-order valence-corrected chi connectivity index (χ2v) is 7.68. The van der Waals surface area contributed by atoms with Crippen molar-refractivity contribution in [2.75, 3.05) is 6.54 Å². The second-order valence-electron chi connectivity index (χ2n) is 7.68. The molecular formula is C18H31N3O2. The predicted octanol–water partition coefficient (Wildman–Crippen LogP) is 3.03. The van der Waals surface area contributed by atoms with E-state index in [1.807, 2.05) is 20.8 Å². The first kappa shape index (κ1) is 17.9. The van der Waals surface area contributed by atoms with Crippen LogP contribution >= 0.6 is 0 Å². The number of rotatable bonds is 6. The molecule has 0 aliphatic heterocycles. The maximum Gasteiger partial charge on any atom is 0.407 e. The van der Waals surface area contributed by atoms with Gasteiger partial charge >= 0.3 is 6.09 Å². The quantitative estimate of drug-likeness (QED) is 0.847. The minimum absolute atomic E-state index is 0.148. The summed E-state index contributed by atoms with van der Waals surface area (Å²) in [5.74, 6) is 0.577. The van der Waals surface area contributed by atoms with E-state index in [1.165, 1.54) is 29.8 Å². The van der Waals surface area contributed by atoms with Crippen LogP contribution in [-0.4, -0.2) is 28.8 Å². The SMILES string of the molecule is Cc1cc(CNCC(NC(=O)OC(C)(C)C)C2CC2)c(C)n1C. The topological polar surface area (TPSA) is 55.3 Å². The molecule has 2 N–H and O–H groups in total. The molecule has 1 atom stereocenters. The lowest BCUT2D eigenvalue weighted by Gasteiger charge is -2.24. The third-order valence-corrected chi connectivity index (χ3v) is 4.45. The van der Waals surface area contributed by atoms with Gasteiger partial charge in [-0.2, -0.15) is 0 Å².